The van der Waals surface area contributed by atoms with Crippen molar-refractivity contribution in [1.82, 2.24) is 9.97 Å². The lowest BCUT2D eigenvalue weighted by molar-refractivity contribution is 0.616. The third-order valence-corrected chi connectivity index (χ3v) is 4.85. The number of oxazole rings is 1. The van der Waals surface area contributed by atoms with Gasteiger partial charge in [0, 0.05) is 11.1 Å². The second-order valence-electron chi connectivity index (χ2n) is 4.92. The highest BCUT2D eigenvalue weighted by molar-refractivity contribution is 7.85. The first-order valence-electron chi connectivity index (χ1n) is 7.11. The van der Waals surface area contributed by atoms with E-state index in [0.717, 1.165) is 4.90 Å². The Morgan fingerprint density at radius 1 is 0.870 bits per heavy atom. The van der Waals surface area contributed by atoms with E-state index in [-0.39, 0.29) is 0 Å². The van der Waals surface area contributed by atoms with Crippen molar-refractivity contribution in [2.24, 2.45) is 0 Å². The van der Waals surface area contributed by atoms with Gasteiger partial charge in [-0.25, -0.2) is 9.19 Å². The molecule has 0 fully saturated rings. The molecular formula is C18H12N2O2S. The molecule has 4 nitrogen and oxygen atoms in total. The number of hydrogen-bond acceptors (Lipinski definition) is 4. The van der Waals surface area contributed by atoms with Crippen LogP contribution in [-0.4, -0.2) is 14.2 Å². The fourth-order valence-corrected chi connectivity index (χ4v) is 3.53. The van der Waals surface area contributed by atoms with Gasteiger partial charge in [-0.3, -0.25) is 4.98 Å². The quantitative estimate of drug-likeness (QED) is 0.571. The maximum atomic E-state index is 12.8. The molecule has 0 radical (unpaired) electrons. The van der Waals surface area contributed by atoms with Crippen LogP contribution in [0.25, 0.3) is 22.7 Å². The summed E-state index contributed by atoms with van der Waals surface area (Å²) in [6.07, 6.45) is 1.69. The van der Waals surface area contributed by atoms with Crippen molar-refractivity contribution in [3.8, 4) is 11.6 Å². The first-order valence-corrected chi connectivity index (χ1v) is 8.26. The Morgan fingerprint density at radius 2 is 1.70 bits per heavy atom. The average Bonchev–Trinajstić information content (AvgIpc) is 3.07. The van der Waals surface area contributed by atoms with Gasteiger partial charge in [0.1, 0.15) is 11.2 Å². The van der Waals surface area contributed by atoms with E-state index in [2.05, 4.69) is 9.97 Å². The Kier molecular flexibility index (Phi) is 3.48. The first-order chi connectivity index (χ1) is 11.3. The third kappa shape index (κ3) is 2.55. The zero-order valence-corrected chi connectivity index (χ0v) is 12.9. The topological polar surface area (TPSA) is 56.0 Å². The molecule has 0 saturated carbocycles. The van der Waals surface area contributed by atoms with Crippen LogP contribution in [0.15, 0.2) is 87.1 Å². The van der Waals surface area contributed by atoms with Gasteiger partial charge in [-0.15, -0.1) is 0 Å². The van der Waals surface area contributed by atoms with Gasteiger partial charge in [-0.1, -0.05) is 30.3 Å². The van der Waals surface area contributed by atoms with Crippen LogP contribution in [0.1, 0.15) is 0 Å². The summed E-state index contributed by atoms with van der Waals surface area (Å²) in [7, 11) is -1.31. The molecule has 0 saturated heterocycles. The molecule has 2 aromatic heterocycles. The third-order valence-electron chi connectivity index (χ3n) is 3.42. The van der Waals surface area contributed by atoms with Gasteiger partial charge in [0.2, 0.25) is 5.89 Å². The molecule has 0 aliphatic heterocycles. The Morgan fingerprint density at radius 3 is 2.48 bits per heavy atom. The Balaban J connectivity index is 1.85. The van der Waals surface area contributed by atoms with Gasteiger partial charge < -0.3 is 4.42 Å². The monoisotopic (exact) mass is 320 g/mol. The second-order valence-corrected chi connectivity index (χ2v) is 6.37. The number of hydrogen-bond donors (Lipinski definition) is 0. The van der Waals surface area contributed by atoms with Crippen LogP contribution in [-0.2, 0) is 10.8 Å². The van der Waals surface area contributed by atoms with Crippen LogP contribution in [0.4, 0.5) is 0 Å². The molecule has 5 heteroatoms. The number of pyridine rings is 1. The Bertz CT molecular complexity index is 982. The van der Waals surface area contributed by atoms with Gasteiger partial charge in [0.15, 0.2) is 5.58 Å². The van der Waals surface area contributed by atoms with Gasteiger partial charge >= 0.3 is 0 Å². The molecule has 4 rings (SSSR count). The second kappa shape index (κ2) is 5.78. The molecule has 1 unspecified atom stereocenters. The summed E-state index contributed by atoms with van der Waals surface area (Å²) >= 11 is 0. The Labute approximate surface area is 135 Å². The van der Waals surface area contributed by atoms with Gasteiger partial charge in [-0.2, -0.15) is 0 Å². The molecule has 0 aliphatic rings. The molecule has 2 aromatic carbocycles. The van der Waals surface area contributed by atoms with Crippen molar-refractivity contribution in [3.05, 3.63) is 72.9 Å². The van der Waals surface area contributed by atoms with Crippen molar-refractivity contribution in [2.75, 3.05) is 0 Å². The molecule has 23 heavy (non-hydrogen) atoms. The number of aromatic nitrogens is 2. The number of nitrogens with zero attached hydrogens (tertiary/aromatic N) is 2. The molecule has 1 atom stereocenters. The number of para-hydroxylation sites is 1. The van der Waals surface area contributed by atoms with E-state index in [1.165, 1.54) is 0 Å². The molecular weight excluding hydrogens is 308 g/mol. The molecule has 4 aromatic rings. The van der Waals surface area contributed by atoms with Gasteiger partial charge in [0.25, 0.3) is 0 Å². The minimum atomic E-state index is -1.31. The largest absolute Gasteiger partial charge is 0.435 e. The summed E-state index contributed by atoms with van der Waals surface area (Å²) in [6, 6.07) is 20.3. The normalized spacial score (nSPS) is 12.3. The summed E-state index contributed by atoms with van der Waals surface area (Å²) in [4.78, 5) is 10.1. The first kappa shape index (κ1) is 13.8. The molecule has 0 bridgehead atoms. The van der Waals surface area contributed by atoms with Crippen LogP contribution < -0.4 is 0 Å². The van der Waals surface area contributed by atoms with E-state index in [1.54, 1.807) is 6.20 Å². The van der Waals surface area contributed by atoms with Crippen molar-refractivity contribution < 1.29 is 8.63 Å². The fourth-order valence-electron chi connectivity index (χ4n) is 2.34. The van der Waals surface area contributed by atoms with Gasteiger partial charge in [0.05, 0.1) is 15.7 Å². The zero-order chi connectivity index (χ0) is 15.6. The summed E-state index contributed by atoms with van der Waals surface area (Å²) in [5, 5.41) is 0. The highest BCUT2D eigenvalue weighted by atomic mass is 32.2. The maximum absolute atomic E-state index is 12.8. The number of fused-ring (bicyclic) bond motifs is 1. The summed E-state index contributed by atoms with van der Waals surface area (Å²) in [5.41, 5.74) is 1.86. The van der Waals surface area contributed by atoms with Crippen LogP contribution in [0.5, 0.6) is 0 Å². The average molecular weight is 320 g/mol. The molecule has 112 valence electrons. The van der Waals surface area contributed by atoms with Crippen LogP contribution in [0, 0.1) is 0 Å². The van der Waals surface area contributed by atoms with E-state index in [1.807, 2.05) is 66.7 Å². The predicted molar refractivity (Wildman–Crippen MR) is 88.4 cm³/mol. The summed E-state index contributed by atoms with van der Waals surface area (Å²) in [5.74, 6) is 0.429. The lowest BCUT2D eigenvalue weighted by atomic mass is 10.3. The predicted octanol–water partition coefficient (Wildman–Crippen LogP) is 4.06. The smallest absolute Gasteiger partial charge is 0.246 e. The fraction of sp³-hybridized carbons (Fsp3) is 0. The maximum Gasteiger partial charge on any atom is 0.246 e. The standard InChI is InChI=1S/C18H12N2O2S/c21-23(13-7-2-1-3-8-13)16-11-6-10-15-17(16)20-18(22-15)14-9-4-5-12-19-14/h1-12H. The van der Waals surface area contributed by atoms with E-state index >= 15 is 0 Å². The minimum absolute atomic E-state index is 0.429. The van der Waals surface area contributed by atoms with Crippen molar-refractivity contribution >= 4 is 21.9 Å². The molecule has 2 heterocycles. The Hall–Kier alpha value is -2.79. The highest BCUT2D eigenvalue weighted by Gasteiger charge is 2.16. The SMILES string of the molecule is O=S(c1ccccc1)c1cccc2oc(-c3ccccn3)nc12. The lowest BCUT2D eigenvalue weighted by Crippen LogP contribution is -1.93. The summed E-state index contributed by atoms with van der Waals surface area (Å²) in [6.45, 7) is 0. The zero-order valence-electron chi connectivity index (χ0n) is 12.0. The van der Waals surface area contributed by atoms with Crippen LogP contribution in [0.3, 0.4) is 0 Å². The van der Waals surface area contributed by atoms with E-state index in [9.17, 15) is 4.21 Å². The number of benzene rings is 2. The molecule has 0 aliphatic carbocycles. The molecule has 0 spiro atoms. The van der Waals surface area contributed by atoms with E-state index < -0.39 is 10.8 Å². The lowest BCUT2D eigenvalue weighted by Gasteiger charge is -2.02. The van der Waals surface area contributed by atoms with Gasteiger partial charge in [-0.05, 0) is 36.4 Å². The van der Waals surface area contributed by atoms with Crippen LogP contribution >= 0.6 is 0 Å². The van der Waals surface area contributed by atoms with Crippen LogP contribution in [0.2, 0.25) is 0 Å². The van der Waals surface area contributed by atoms with Crippen molar-refractivity contribution in [1.29, 1.82) is 0 Å². The highest BCUT2D eigenvalue weighted by Crippen LogP contribution is 2.28. The molecule has 0 N–H and O–H groups in total. The van der Waals surface area contributed by atoms with Crippen molar-refractivity contribution in [2.45, 2.75) is 9.79 Å². The van der Waals surface area contributed by atoms with Crippen molar-refractivity contribution in [3.63, 3.8) is 0 Å². The minimum Gasteiger partial charge on any atom is -0.435 e. The van der Waals surface area contributed by atoms with E-state index in [4.69, 9.17) is 4.42 Å². The number of rotatable bonds is 3. The summed E-state index contributed by atoms with van der Waals surface area (Å²) < 4.78 is 18.6. The molecule has 0 amide bonds. The van der Waals surface area contributed by atoms with E-state index in [0.29, 0.717) is 27.6 Å².